The quantitative estimate of drug-likeness (QED) is 0.510. The van der Waals surface area contributed by atoms with Crippen LogP contribution in [-0.2, 0) is 0 Å². The van der Waals surface area contributed by atoms with Crippen LogP contribution >= 0.6 is 0 Å². The van der Waals surface area contributed by atoms with E-state index in [1.807, 2.05) is 0 Å². The van der Waals surface area contributed by atoms with Crippen LogP contribution in [0.3, 0.4) is 0 Å². The van der Waals surface area contributed by atoms with E-state index in [4.69, 9.17) is 0 Å². The average Bonchev–Trinajstić information content (AvgIpc) is 2.55. The Labute approximate surface area is 124 Å². The van der Waals surface area contributed by atoms with Crippen molar-refractivity contribution in [3.63, 3.8) is 0 Å². The Morgan fingerprint density at radius 1 is 0.818 bits per heavy atom. The largest absolute Gasteiger partial charge is 0.396 e. The Morgan fingerprint density at radius 3 is 1.73 bits per heavy atom. The maximum absolute atomic E-state index is 14.0. The highest BCUT2D eigenvalue weighted by molar-refractivity contribution is 5.36. The van der Waals surface area contributed by atoms with Crippen LogP contribution in [0.2, 0.25) is 0 Å². The molecule has 0 aliphatic rings. The van der Waals surface area contributed by atoms with Gasteiger partial charge in [-0.1, -0.05) is 37.3 Å². The number of benzene rings is 2. The SMILES string of the molecule is C[C@H](CO)[C@H](c1ccccc1)c1c(F)c(F)c(F)c(F)c1F. The monoisotopic (exact) mass is 316 g/mol. The smallest absolute Gasteiger partial charge is 0.200 e. The predicted molar refractivity (Wildman–Crippen MR) is 70.8 cm³/mol. The molecule has 0 amide bonds. The molecule has 2 atom stereocenters. The zero-order valence-corrected chi connectivity index (χ0v) is 11.6. The zero-order chi connectivity index (χ0) is 16.4. The maximum atomic E-state index is 14.0. The fourth-order valence-electron chi connectivity index (χ4n) is 2.44. The second kappa shape index (κ2) is 6.44. The van der Waals surface area contributed by atoms with E-state index in [0.717, 1.165) is 0 Å². The lowest BCUT2D eigenvalue weighted by molar-refractivity contribution is 0.221. The number of aliphatic hydroxyl groups excluding tert-OH is 1. The molecular formula is C16H13F5O. The number of hydrogen-bond donors (Lipinski definition) is 1. The fraction of sp³-hybridized carbons (Fsp3) is 0.250. The van der Waals surface area contributed by atoms with E-state index in [1.165, 1.54) is 19.1 Å². The Bertz CT molecular complexity index is 643. The Balaban J connectivity index is 2.74. The molecule has 2 aromatic carbocycles. The summed E-state index contributed by atoms with van der Waals surface area (Å²) in [6.45, 7) is 0.995. The van der Waals surface area contributed by atoms with Crippen LogP contribution in [0.4, 0.5) is 22.0 Å². The molecule has 6 heteroatoms. The molecule has 0 bridgehead atoms. The number of rotatable bonds is 4. The normalized spacial score (nSPS) is 14.0. The van der Waals surface area contributed by atoms with Crippen molar-refractivity contribution in [3.05, 3.63) is 70.5 Å². The van der Waals surface area contributed by atoms with E-state index in [0.29, 0.717) is 5.56 Å². The summed E-state index contributed by atoms with van der Waals surface area (Å²) < 4.78 is 68.1. The second-order valence-corrected chi connectivity index (χ2v) is 5.03. The minimum Gasteiger partial charge on any atom is -0.396 e. The molecule has 2 aromatic rings. The molecule has 1 nitrogen and oxygen atoms in total. The first kappa shape index (κ1) is 16.4. The van der Waals surface area contributed by atoms with E-state index in [2.05, 4.69) is 0 Å². The minimum absolute atomic E-state index is 0.354. The molecule has 0 saturated heterocycles. The van der Waals surface area contributed by atoms with Gasteiger partial charge in [0.15, 0.2) is 23.3 Å². The lowest BCUT2D eigenvalue weighted by Gasteiger charge is -2.25. The Morgan fingerprint density at radius 2 is 1.27 bits per heavy atom. The summed E-state index contributed by atoms with van der Waals surface area (Å²) in [5.41, 5.74) is -0.573. The molecule has 0 fully saturated rings. The van der Waals surface area contributed by atoms with Gasteiger partial charge in [0.2, 0.25) is 5.82 Å². The van der Waals surface area contributed by atoms with Crippen molar-refractivity contribution in [2.75, 3.05) is 6.61 Å². The number of aliphatic hydroxyl groups is 1. The third kappa shape index (κ3) is 2.70. The van der Waals surface area contributed by atoms with Crippen molar-refractivity contribution in [2.24, 2.45) is 5.92 Å². The molecule has 0 spiro atoms. The summed E-state index contributed by atoms with van der Waals surface area (Å²) in [6, 6.07) is 7.84. The first-order valence-corrected chi connectivity index (χ1v) is 6.57. The van der Waals surface area contributed by atoms with Gasteiger partial charge in [-0.05, 0) is 11.5 Å². The van der Waals surface area contributed by atoms with Gasteiger partial charge in [-0.2, -0.15) is 0 Å². The number of halogens is 5. The van der Waals surface area contributed by atoms with Crippen LogP contribution in [0.5, 0.6) is 0 Å². The van der Waals surface area contributed by atoms with Gasteiger partial charge in [0.25, 0.3) is 0 Å². The van der Waals surface area contributed by atoms with Gasteiger partial charge < -0.3 is 5.11 Å². The van der Waals surface area contributed by atoms with Crippen LogP contribution in [0.1, 0.15) is 24.0 Å². The molecule has 1 N–H and O–H groups in total. The van der Waals surface area contributed by atoms with Gasteiger partial charge in [-0.15, -0.1) is 0 Å². The van der Waals surface area contributed by atoms with Gasteiger partial charge >= 0.3 is 0 Å². The zero-order valence-electron chi connectivity index (χ0n) is 11.6. The van der Waals surface area contributed by atoms with Gasteiger partial charge in [0.05, 0.1) is 0 Å². The third-order valence-electron chi connectivity index (χ3n) is 3.57. The summed E-state index contributed by atoms with van der Waals surface area (Å²) in [5, 5.41) is 9.30. The van der Waals surface area contributed by atoms with E-state index in [9.17, 15) is 27.1 Å². The summed E-state index contributed by atoms with van der Waals surface area (Å²) in [4.78, 5) is 0. The molecule has 0 aliphatic heterocycles. The molecule has 0 unspecified atom stereocenters. The second-order valence-electron chi connectivity index (χ2n) is 5.03. The summed E-state index contributed by atoms with van der Waals surface area (Å²) in [7, 11) is 0. The van der Waals surface area contributed by atoms with Crippen molar-refractivity contribution >= 4 is 0 Å². The molecule has 0 heterocycles. The summed E-state index contributed by atoms with van der Waals surface area (Å²) >= 11 is 0. The first-order valence-electron chi connectivity index (χ1n) is 6.57. The summed E-state index contributed by atoms with van der Waals surface area (Å²) in [6.07, 6.45) is 0. The lowest BCUT2D eigenvalue weighted by Crippen LogP contribution is -2.20. The van der Waals surface area contributed by atoms with E-state index in [-0.39, 0.29) is 0 Å². The highest BCUT2D eigenvalue weighted by Crippen LogP contribution is 2.37. The molecule has 0 aliphatic carbocycles. The highest BCUT2D eigenvalue weighted by Gasteiger charge is 2.33. The van der Waals surface area contributed by atoms with Gasteiger partial charge in [-0.3, -0.25) is 0 Å². The van der Waals surface area contributed by atoms with E-state index in [1.54, 1.807) is 18.2 Å². The Hall–Kier alpha value is -1.95. The van der Waals surface area contributed by atoms with Crippen LogP contribution in [0.25, 0.3) is 0 Å². The predicted octanol–water partition coefficient (Wildman–Crippen LogP) is 4.14. The Kier molecular flexibility index (Phi) is 4.81. The van der Waals surface area contributed by atoms with Crippen molar-refractivity contribution < 1.29 is 27.1 Å². The molecule has 22 heavy (non-hydrogen) atoms. The molecular weight excluding hydrogens is 303 g/mol. The van der Waals surface area contributed by atoms with Crippen molar-refractivity contribution in [3.8, 4) is 0 Å². The minimum atomic E-state index is -2.19. The van der Waals surface area contributed by atoms with Crippen molar-refractivity contribution in [1.29, 1.82) is 0 Å². The van der Waals surface area contributed by atoms with Crippen LogP contribution < -0.4 is 0 Å². The molecule has 0 radical (unpaired) electrons. The molecule has 2 rings (SSSR count). The number of hydrogen-bond acceptors (Lipinski definition) is 1. The molecule has 0 saturated carbocycles. The standard InChI is InChI=1S/C16H13F5O/c1-8(7-22)10(9-5-3-2-4-6-9)11-12(17)14(19)16(21)15(20)13(11)18/h2-6,8,10,22H,7H2,1H3/t8-,10-/m1/s1. The summed E-state index contributed by atoms with van der Waals surface area (Å²) in [5.74, 6) is -11.8. The van der Waals surface area contributed by atoms with Crippen molar-refractivity contribution in [2.45, 2.75) is 12.8 Å². The van der Waals surface area contributed by atoms with Gasteiger partial charge in [-0.25, -0.2) is 22.0 Å². The average molecular weight is 316 g/mol. The van der Waals surface area contributed by atoms with Crippen LogP contribution in [-0.4, -0.2) is 11.7 Å². The maximum Gasteiger partial charge on any atom is 0.200 e. The third-order valence-corrected chi connectivity index (χ3v) is 3.57. The fourth-order valence-corrected chi connectivity index (χ4v) is 2.44. The van der Waals surface area contributed by atoms with Gasteiger partial charge in [0, 0.05) is 18.1 Å². The highest BCUT2D eigenvalue weighted by atomic mass is 19.2. The topological polar surface area (TPSA) is 20.2 Å². The van der Waals surface area contributed by atoms with E-state index < -0.39 is 53.1 Å². The first-order chi connectivity index (χ1) is 10.4. The van der Waals surface area contributed by atoms with Crippen molar-refractivity contribution in [1.82, 2.24) is 0 Å². The lowest BCUT2D eigenvalue weighted by atomic mass is 9.81. The van der Waals surface area contributed by atoms with E-state index >= 15 is 0 Å². The van der Waals surface area contributed by atoms with Crippen LogP contribution in [0.15, 0.2) is 30.3 Å². The molecule has 118 valence electrons. The van der Waals surface area contributed by atoms with Crippen LogP contribution in [0, 0.1) is 35.0 Å². The molecule has 0 aromatic heterocycles. The van der Waals surface area contributed by atoms with Gasteiger partial charge in [0.1, 0.15) is 0 Å².